The van der Waals surface area contributed by atoms with Crippen molar-refractivity contribution in [3.05, 3.63) is 23.8 Å². The maximum Gasteiger partial charge on any atom is 0.262 e. The second-order valence-electron chi connectivity index (χ2n) is 1.97. The average molecular weight is 124 g/mol. The average Bonchev–Trinajstić information content (AvgIpc) is 1.63. The van der Waals surface area contributed by atoms with E-state index in [2.05, 4.69) is 0 Å². The lowest BCUT2D eigenvalue weighted by atomic mass is 10.3. The van der Waals surface area contributed by atoms with Crippen LogP contribution >= 0.6 is 0 Å². The maximum absolute atomic E-state index is 9.98. The molecule has 0 saturated carbocycles. The summed E-state index contributed by atoms with van der Waals surface area (Å²) in [6.07, 6.45) is 4.57. The smallest absolute Gasteiger partial charge is 0.262 e. The Kier molecular flexibility index (Phi) is 3.44. The van der Waals surface area contributed by atoms with Crippen molar-refractivity contribution < 1.29 is 4.79 Å². The Morgan fingerprint density at radius 1 is 1.44 bits per heavy atom. The van der Waals surface area contributed by atoms with Crippen LogP contribution in [0.2, 0.25) is 0 Å². The van der Waals surface area contributed by atoms with Gasteiger partial charge in [0.1, 0.15) is 0 Å². The fourth-order valence-electron chi connectivity index (χ4n) is 0.328. The third kappa shape index (κ3) is 6.95. The molecular formula is C7H10NO. The molecule has 2 nitrogen and oxygen atoms in total. The van der Waals surface area contributed by atoms with Gasteiger partial charge in [0.25, 0.3) is 5.91 Å². The van der Waals surface area contributed by atoms with E-state index < -0.39 is 5.91 Å². The Morgan fingerprint density at radius 3 is 2.33 bits per heavy atom. The van der Waals surface area contributed by atoms with Crippen molar-refractivity contribution in [3.8, 4) is 0 Å². The first-order valence-electron chi connectivity index (χ1n) is 2.70. The lowest BCUT2D eigenvalue weighted by Crippen LogP contribution is -1.88. The summed E-state index contributed by atoms with van der Waals surface area (Å²) in [5.74, 6) is -0.660. The molecule has 0 aromatic carbocycles. The highest BCUT2D eigenvalue weighted by atomic mass is 16.1. The van der Waals surface area contributed by atoms with Gasteiger partial charge in [0, 0.05) is 6.08 Å². The highest BCUT2D eigenvalue weighted by Gasteiger charge is 1.79. The normalized spacial score (nSPS) is 9.56. The molecule has 0 fully saturated rings. The molecule has 0 aromatic rings. The van der Waals surface area contributed by atoms with Gasteiger partial charge in [-0.1, -0.05) is 17.7 Å². The minimum atomic E-state index is -0.660. The number of allylic oxidation sites excluding steroid dienone is 3. The highest BCUT2D eigenvalue weighted by Crippen LogP contribution is 1.87. The molecule has 1 N–H and O–H groups in total. The Labute approximate surface area is 55.1 Å². The van der Waals surface area contributed by atoms with Crippen LogP contribution in [0.25, 0.3) is 0 Å². The van der Waals surface area contributed by atoms with E-state index in [9.17, 15) is 4.79 Å². The van der Waals surface area contributed by atoms with E-state index in [-0.39, 0.29) is 0 Å². The fourth-order valence-corrected chi connectivity index (χ4v) is 0.328. The molecule has 0 heterocycles. The number of rotatable bonds is 2. The van der Waals surface area contributed by atoms with Crippen LogP contribution in [0, 0.1) is 0 Å². The molecular weight excluding hydrogens is 114 g/mol. The van der Waals surface area contributed by atoms with Crippen LogP contribution < -0.4 is 5.73 Å². The van der Waals surface area contributed by atoms with Gasteiger partial charge in [-0.05, 0) is 13.8 Å². The molecule has 0 spiro atoms. The van der Waals surface area contributed by atoms with Crippen LogP contribution in [0.3, 0.4) is 0 Å². The summed E-state index contributed by atoms with van der Waals surface area (Å²) in [5.41, 5.74) is 7.59. The zero-order chi connectivity index (χ0) is 7.28. The fraction of sp³-hybridized carbons (Fsp3) is 0.286. The summed E-state index contributed by atoms with van der Waals surface area (Å²) < 4.78 is 0. The van der Waals surface area contributed by atoms with Gasteiger partial charge in [-0.15, -0.1) is 0 Å². The first-order valence-corrected chi connectivity index (χ1v) is 2.70. The number of nitrogens with one attached hydrogen (secondary N) is 1. The van der Waals surface area contributed by atoms with Crippen LogP contribution in [-0.4, -0.2) is 5.91 Å². The molecule has 0 rings (SSSR count). The van der Waals surface area contributed by atoms with Crippen LogP contribution in [0.15, 0.2) is 23.8 Å². The van der Waals surface area contributed by atoms with Crippen molar-refractivity contribution in [3.63, 3.8) is 0 Å². The number of hydrogen-bond donors (Lipinski definition) is 0. The molecule has 0 saturated heterocycles. The van der Waals surface area contributed by atoms with E-state index in [0.717, 1.165) is 5.57 Å². The van der Waals surface area contributed by atoms with Crippen molar-refractivity contribution >= 4 is 5.91 Å². The number of carbonyl (C=O) groups is 1. The Balaban J connectivity index is 3.74. The van der Waals surface area contributed by atoms with Gasteiger partial charge in [-0.25, -0.2) is 0 Å². The van der Waals surface area contributed by atoms with E-state index in [1.54, 1.807) is 12.2 Å². The third-order valence-electron chi connectivity index (χ3n) is 0.677. The summed E-state index contributed by atoms with van der Waals surface area (Å²) in [7, 11) is 0. The lowest BCUT2D eigenvalue weighted by molar-refractivity contribution is -0.114. The standard InChI is InChI=1S/C7H10NO/c1-6(2)4-3-5-7(8)9/h3-5,8H,1-2H3/b5-3+. The zero-order valence-corrected chi connectivity index (χ0v) is 5.64. The van der Waals surface area contributed by atoms with Crippen LogP contribution in [-0.2, 0) is 4.79 Å². The molecule has 0 atom stereocenters. The summed E-state index contributed by atoms with van der Waals surface area (Å²) in [4.78, 5) is 9.98. The molecule has 0 unspecified atom stereocenters. The number of carbonyl (C=O) groups excluding carboxylic acids is 1. The zero-order valence-electron chi connectivity index (χ0n) is 5.64. The van der Waals surface area contributed by atoms with Crippen LogP contribution in [0.5, 0.6) is 0 Å². The highest BCUT2D eigenvalue weighted by molar-refractivity contribution is 5.85. The molecule has 0 aliphatic heterocycles. The number of amides is 1. The quantitative estimate of drug-likeness (QED) is 0.404. The number of hydrogen-bond acceptors (Lipinski definition) is 1. The summed E-state index contributed by atoms with van der Waals surface area (Å²) >= 11 is 0. The summed E-state index contributed by atoms with van der Waals surface area (Å²) in [6.45, 7) is 3.86. The van der Waals surface area contributed by atoms with Crippen LogP contribution in [0.4, 0.5) is 0 Å². The second kappa shape index (κ2) is 3.89. The molecule has 0 aromatic heterocycles. The molecule has 49 valence electrons. The lowest BCUT2D eigenvalue weighted by Gasteiger charge is -1.79. The largest absolute Gasteiger partial charge is 0.268 e. The Morgan fingerprint density at radius 2 is 2.00 bits per heavy atom. The summed E-state index contributed by atoms with van der Waals surface area (Å²) in [6, 6.07) is 0. The van der Waals surface area contributed by atoms with Gasteiger partial charge in [-0.2, -0.15) is 0 Å². The van der Waals surface area contributed by atoms with E-state index in [1.807, 2.05) is 13.8 Å². The molecule has 0 aliphatic rings. The van der Waals surface area contributed by atoms with Crippen molar-refractivity contribution in [2.45, 2.75) is 13.8 Å². The third-order valence-corrected chi connectivity index (χ3v) is 0.677. The van der Waals surface area contributed by atoms with Gasteiger partial charge in [0.2, 0.25) is 0 Å². The summed E-state index contributed by atoms with van der Waals surface area (Å²) in [5, 5.41) is 0. The van der Waals surface area contributed by atoms with E-state index in [0.29, 0.717) is 0 Å². The van der Waals surface area contributed by atoms with Crippen molar-refractivity contribution in [2.24, 2.45) is 0 Å². The van der Waals surface area contributed by atoms with Gasteiger partial charge in [0.05, 0.1) is 0 Å². The van der Waals surface area contributed by atoms with E-state index >= 15 is 0 Å². The SMILES string of the molecule is CC(C)=C/C=C/C([NH])=O. The predicted octanol–water partition coefficient (Wildman–Crippen LogP) is 1.32. The van der Waals surface area contributed by atoms with Crippen molar-refractivity contribution in [1.82, 2.24) is 5.73 Å². The first kappa shape index (κ1) is 7.95. The molecule has 2 heteroatoms. The molecule has 9 heavy (non-hydrogen) atoms. The molecule has 1 amide bonds. The minimum absolute atomic E-state index is 0.660. The maximum atomic E-state index is 9.98. The van der Waals surface area contributed by atoms with Gasteiger partial charge < -0.3 is 0 Å². The van der Waals surface area contributed by atoms with Crippen molar-refractivity contribution in [2.75, 3.05) is 0 Å². The Bertz CT molecular complexity index is 152. The molecule has 0 aliphatic carbocycles. The van der Waals surface area contributed by atoms with Crippen LogP contribution in [0.1, 0.15) is 13.8 Å². The monoisotopic (exact) mass is 124 g/mol. The predicted molar refractivity (Wildman–Crippen MR) is 36.7 cm³/mol. The van der Waals surface area contributed by atoms with Gasteiger partial charge in [0.15, 0.2) is 0 Å². The van der Waals surface area contributed by atoms with Crippen molar-refractivity contribution in [1.29, 1.82) is 0 Å². The molecule has 0 bridgehead atoms. The van der Waals surface area contributed by atoms with E-state index in [4.69, 9.17) is 5.73 Å². The second-order valence-corrected chi connectivity index (χ2v) is 1.97. The molecule has 1 radical (unpaired) electrons. The topological polar surface area (TPSA) is 40.9 Å². The Hall–Kier alpha value is -1.05. The van der Waals surface area contributed by atoms with Gasteiger partial charge in [-0.3, -0.25) is 10.5 Å². The van der Waals surface area contributed by atoms with E-state index in [1.165, 1.54) is 6.08 Å². The first-order chi connectivity index (χ1) is 4.13. The van der Waals surface area contributed by atoms with Gasteiger partial charge >= 0.3 is 0 Å². The minimum Gasteiger partial charge on any atom is -0.268 e.